The standard InChI is InChI=1S/C24H26N6O3S/c1-15(31)30-19-10-4-2-7-16(19)13-20(30)23(33)28-18(9-6-12-26-14-27-25)22(32)24-29-17-8-3-5-11-21(17)34-24/h2-5,7-8,10-11,14,18,20H,6,9,12-13,25H2,1H3,(H,26,27)(H,28,33)/t18?,20-/m0/s1. The highest BCUT2D eigenvalue weighted by Crippen LogP contribution is 2.32. The first kappa shape index (κ1) is 23.4. The molecule has 0 saturated carbocycles. The van der Waals surface area contributed by atoms with Gasteiger partial charge in [-0.15, -0.1) is 11.3 Å². The summed E-state index contributed by atoms with van der Waals surface area (Å²) in [5.74, 6) is 4.28. The molecule has 1 unspecified atom stereocenters. The van der Waals surface area contributed by atoms with Gasteiger partial charge in [-0.1, -0.05) is 30.3 Å². The van der Waals surface area contributed by atoms with E-state index >= 15 is 0 Å². The fourth-order valence-electron chi connectivity index (χ4n) is 4.17. The number of nitrogens with two attached hydrogens (primary N) is 1. The molecular weight excluding hydrogens is 452 g/mol. The molecule has 0 spiro atoms. The minimum Gasteiger partial charge on any atom is -0.375 e. The van der Waals surface area contributed by atoms with E-state index in [0.29, 0.717) is 30.8 Å². The number of para-hydroxylation sites is 2. The van der Waals surface area contributed by atoms with E-state index in [1.807, 2.05) is 48.5 Å². The number of fused-ring (bicyclic) bond motifs is 2. The molecule has 34 heavy (non-hydrogen) atoms. The highest BCUT2D eigenvalue weighted by molar-refractivity contribution is 7.20. The number of hydrazone groups is 1. The predicted molar refractivity (Wildman–Crippen MR) is 133 cm³/mol. The van der Waals surface area contributed by atoms with Crippen molar-refractivity contribution in [2.75, 3.05) is 11.4 Å². The largest absolute Gasteiger partial charge is 0.375 e. The zero-order valence-corrected chi connectivity index (χ0v) is 19.5. The molecule has 10 heteroatoms. The van der Waals surface area contributed by atoms with Gasteiger partial charge in [0.2, 0.25) is 17.6 Å². The van der Waals surface area contributed by atoms with E-state index in [1.165, 1.54) is 29.5 Å². The van der Waals surface area contributed by atoms with Crippen molar-refractivity contribution in [3.8, 4) is 0 Å². The molecule has 0 aliphatic carbocycles. The molecule has 4 rings (SSSR count). The number of hydrogen-bond acceptors (Lipinski definition) is 7. The number of amides is 2. The molecule has 9 nitrogen and oxygen atoms in total. The van der Waals surface area contributed by atoms with Crippen LogP contribution in [-0.4, -0.2) is 47.5 Å². The van der Waals surface area contributed by atoms with E-state index in [9.17, 15) is 14.4 Å². The molecule has 3 aromatic rings. The summed E-state index contributed by atoms with van der Waals surface area (Å²) in [4.78, 5) is 45.1. The fraction of sp³-hybridized carbons (Fsp3) is 0.292. The number of carbonyl (C=O) groups excluding carboxylic acids is 3. The molecule has 2 heterocycles. The third-order valence-corrected chi connectivity index (χ3v) is 6.79. The molecule has 0 fully saturated rings. The van der Waals surface area contributed by atoms with Gasteiger partial charge in [-0.25, -0.2) is 4.98 Å². The molecule has 1 aromatic heterocycles. The number of nitrogens with zero attached hydrogens (tertiary/aromatic N) is 3. The Morgan fingerprint density at radius 3 is 2.76 bits per heavy atom. The minimum absolute atomic E-state index is 0.218. The van der Waals surface area contributed by atoms with Gasteiger partial charge < -0.3 is 16.5 Å². The van der Waals surface area contributed by atoms with Gasteiger partial charge in [0.05, 0.1) is 16.3 Å². The van der Waals surface area contributed by atoms with Crippen LogP contribution in [0.1, 0.15) is 35.1 Å². The Kier molecular flexibility index (Phi) is 7.17. The van der Waals surface area contributed by atoms with E-state index in [2.05, 4.69) is 20.7 Å². The van der Waals surface area contributed by atoms with Crippen LogP contribution in [0.2, 0.25) is 0 Å². The summed E-state index contributed by atoms with van der Waals surface area (Å²) in [6, 6.07) is 13.5. The smallest absolute Gasteiger partial charge is 0.244 e. The number of thiazole rings is 1. The molecule has 4 N–H and O–H groups in total. The van der Waals surface area contributed by atoms with Gasteiger partial charge in [-0.3, -0.25) is 19.3 Å². The maximum absolute atomic E-state index is 13.4. The zero-order chi connectivity index (χ0) is 24.1. The Morgan fingerprint density at radius 2 is 2.00 bits per heavy atom. The van der Waals surface area contributed by atoms with E-state index in [0.717, 1.165) is 21.5 Å². The number of aromatic nitrogens is 1. The summed E-state index contributed by atoms with van der Waals surface area (Å²) < 4.78 is 0.908. The number of carbonyl (C=O) groups is 3. The molecule has 0 radical (unpaired) electrons. The molecular formula is C24H26N6O3S. The maximum atomic E-state index is 13.4. The van der Waals surface area contributed by atoms with Crippen LogP contribution in [0.25, 0.3) is 10.2 Å². The van der Waals surface area contributed by atoms with Gasteiger partial charge in [-0.2, -0.15) is 5.10 Å². The second-order valence-electron chi connectivity index (χ2n) is 8.02. The first-order chi connectivity index (χ1) is 16.5. The van der Waals surface area contributed by atoms with Gasteiger partial charge in [0.1, 0.15) is 12.4 Å². The third kappa shape index (κ3) is 4.91. The fourth-order valence-corrected chi connectivity index (χ4v) is 5.13. The lowest BCUT2D eigenvalue weighted by Crippen LogP contribution is -2.52. The highest BCUT2D eigenvalue weighted by Gasteiger charge is 2.38. The Hall–Kier alpha value is -3.79. The average Bonchev–Trinajstić information content (AvgIpc) is 3.44. The summed E-state index contributed by atoms with van der Waals surface area (Å²) in [5, 5.41) is 9.57. The van der Waals surface area contributed by atoms with Crippen molar-refractivity contribution < 1.29 is 14.4 Å². The number of rotatable bonds is 9. The van der Waals surface area contributed by atoms with Crippen LogP contribution in [0.5, 0.6) is 0 Å². The first-order valence-corrected chi connectivity index (χ1v) is 11.8. The summed E-state index contributed by atoms with van der Waals surface area (Å²) >= 11 is 1.31. The van der Waals surface area contributed by atoms with Crippen molar-refractivity contribution in [2.24, 2.45) is 10.9 Å². The lowest BCUT2D eigenvalue weighted by Gasteiger charge is -2.25. The Bertz CT molecular complexity index is 1210. The van der Waals surface area contributed by atoms with Gasteiger partial charge >= 0.3 is 0 Å². The van der Waals surface area contributed by atoms with Crippen LogP contribution < -0.4 is 21.4 Å². The number of ketones is 1. The predicted octanol–water partition coefficient (Wildman–Crippen LogP) is 2.21. The number of anilines is 1. The third-order valence-electron chi connectivity index (χ3n) is 5.74. The second-order valence-corrected chi connectivity index (χ2v) is 9.05. The molecule has 1 aliphatic heterocycles. The Morgan fingerprint density at radius 1 is 1.24 bits per heavy atom. The van der Waals surface area contributed by atoms with E-state index in [4.69, 9.17) is 5.84 Å². The van der Waals surface area contributed by atoms with E-state index in [1.54, 1.807) is 0 Å². The summed E-state index contributed by atoms with van der Waals surface area (Å²) in [6.07, 6.45) is 2.77. The lowest BCUT2D eigenvalue weighted by atomic mass is 10.0. The quantitative estimate of drug-likeness (QED) is 0.108. The van der Waals surface area contributed by atoms with Crippen molar-refractivity contribution in [1.29, 1.82) is 0 Å². The molecule has 176 valence electrons. The van der Waals surface area contributed by atoms with Crippen molar-refractivity contribution >= 4 is 51.2 Å². The Labute approximate surface area is 201 Å². The first-order valence-electron chi connectivity index (χ1n) is 11.0. The zero-order valence-electron chi connectivity index (χ0n) is 18.7. The lowest BCUT2D eigenvalue weighted by molar-refractivity contribution is -0.125. The normalized spacial score (nSPS) is 15.9. The number of nitrogens with one attached hydrogen (secondary N) is 2. The Balaban J connectivity index is 1.54. The maximum Gasteiger partial charge on any atom is 0.244 e. The molecule has 0 saturated heterocycles. The highest BCUT2D eigenvalue weighted by atomic mass is 32.1. The summed E-state index contributed by atoms with van der Waals surface area (Å²) in [7, 11) is 0. The second kappa shape index (κ2) is 10.4. The molecule has 2 amide bonds. The van der Waals surface area contributed by atoms with Crippen molar-refractivity contribution in [3.05, 3.63) is 59.1 Å². The molecule has 2 atom stereocenters. The summed E-state index contributed by atoms with van der Waals surface area (Å²) in [5.41, 5.74) is 2.40. The minimum atomic E-state index is -0.776. The summed E-state index contributed by atoms with van der Waals surface area (Å²) in [6.45, 7) is 1.98. The van der Waals surface area contributed by atoms with Crippen LogP contribution in [0.3, 0.4) is 0 Å². The van der Waals surface area contributed by atoms with Crippen LogP contribution in [0, 0.1) is 0 Å². The van der Waals surface area contributed by atoms with Crippen LogP contribution >= 0.6 is 11.3 Å². The number of hydrogen-bond donors (Lipinski definition) is 3. The van der Waals surface area contributed by atoms with Crippen LogP contribution in [-0.2, 0) is 16.0 Å². The number of Topliss-reactive ketones (excluding diaryl/α,β-unsaturated/α-hetero) is 1. The van der Waals surface area contributed by atoms with Crippen LogP contribution in [0.15, 0.2) is 53.6 Å². The topological polar surface area (TPSA) is 130 Å². The van der Waals surface area contributed by atoms with E-state index in [-0.39, 0.29) is 17.6 Å². The SMILES string of the molecule is CC(=O)N1c2ccccc2C[C@H]1C(=O)NC(CCCNC=NN)C(=O)c1nc2ccccc2s1. The van der Waals surface area contributed by atoms with Crippen LogP contribution in [0.4, 0.5) is 5.69 Å². The monoisotopic (exact) mass is 478 g/mol. The molecule has 2 aromatic carbocycles. The van der Waals surface area contributed by atoms with E-state index < -0.39 is 12.1 Å². The van der Waals surface area contributed by atoms with Gasteiger partial charge in [-0.05, 0) is 36.6 Å². The average molecular weight is 479 g/mol. The van der Waals surface area contributed by atoms with Gasteiger partial charge in [0.15, 0.2) is 5.01 Å². The number of benzene rings is 2. The molecule has 0 bridgehead atoms. The van der Waals surface area contributed by atoms with Crippen molar-refractivity contribution in [3.63, 3.8) is 0 Å². The van der Waals surface area contributed by atoms with Gasteiger partial charge in [0.25, 0.3) is 0 Å². The molecule has 1 aliphatic rings. The van der Waals surface area contributed by atoms with Crippen molar-refractivity contribution in [2.45, 2.75) is 38.3 Å². The van der Waals surface area contributed by atoms with Crippen molar-refractivity contribution in [1.82, 2.24) is 15.6 Å². The van der Waals surface area contributed by atoms with Gasteiger partial charge in [0, 0.05) is 25.6 Å².